The predicted molar refractivity (Wildman–Crippen MR) is 68.3 cm³/mol. The van der Waals surface area contributed by atoms with Crippen LogP contribution in [0.15, 0.2) is 10.9 Å². The summed E-state index contributed by atoms with van der Waals surface area (Å²) in [5.74, 6) is 1.33. The van der Waals surface area contributed by atoms with Crippen molar-refractivity contribution in [1.82, 2.24) is 20.8 Å². The Labute approximate surface area is 112 Å². The van der Waals surface area contributed by atoms with E-state index in [1.165, 1.54) is 19.2 Å². The Bertz CT molecular complexity index is 408. The van der Waals surface area contributed by atoms with Gasteiger partial charge in [0.05, 0.1) is 0 Å². The lowest BCUT2D eigenvalue weighted by molar-refractivity contribution is -0.122. The minimum Gasteiger partial charge on any atom is -0.356 e. The SMILES string of the molecule is O=C(CC1CC2CCC(C1)N2)NCCc1ncon1. The molecule has 0 radical (unpaired) electrons. The fourth-order valence-corrected chi connectivity index (χ4v) is 3.29. The lowest BCUT2D eigenvalue weighted by Crippen LogP contribution is -2.39. The minimum atomic E-state index is 0.148. The molecule has 2 atom stereocenters. The summed E-state index contributed by atoms with van der Waals surface area (Å²) < 4.78 is 4.64. The standard InChI is InChI=1S/C13H20N4O2/c18-13(14-4-3-12-15-8-19-17-12)7-9-5-10-1-2-11(6-9)16-10/h8-11,16H,1-7H2,(H,14,18). The molecule has 2 saturated heterocycles. The molecule has 6 heteroatoms. The van der Waals surface area contributed by atoms with Gasteiger partial charge in [-0.05, 0) is 31.6 Å². The average molecular weight is 264 g/mol. The predicted octanol–water partition coefficient (Wildman–Crippen LogP) is 0.649. The number of hydrogen-bond donors (Lipinski definition) is 2. The number of amides is 1. The molecule has 6 nitrogen and oxygen atoms in total. The zero-order valence-corrected chi connectivity index (χ0v) is 11.0. The van der Waals surface area contributed by atoms with Gasteiger partial charge in [-0.3, -0.25) is 4.79 Å². The van der Waals surface area contributed by atoms with Gasteiger partial charge in [-0.1, -0.05) is 5.16 Å². The van der Waals surface area contributed by atoms with Gasteiger partial charge in [0.15, 0.2) is 5.82 Å². The molecule has 1 amide bonds. The van der Waals surface area contributed by atoms with E-state index in [-0.39, 0.29) is 5.91 Å². The largest absolute Gasteiger partial charge is 0.356 e. The molecule has 0 aromatic carbocycles. The second-order valence-electron chi connectivity index (χ2n) is 5.63. The highest BCUT2D eigenvalue weighted by Crippen LogP contribution is 2.32. The molecule has 2 aliphatic rings. The molecule has 0 spiro atoms. The highest BCUT2D eigenvalue weighted by molar-refractivity contribution is 5.76. The first-order valence-electron chi connectivity index (χ1n) is 7.07. The summed E-state index contributed by atoms with van der Waals surface area (Å²) in [6, 6.07) is 1.30. The van der Waals surface area contributed by atoms with Gasteiger partial charge in [-0.25, -0.2) is 0 Å². The Morgan fingerprint density at radius 2 is 2.21 bits per heavy atom. The molecule has 19 heavy (non-hydrogen) atoms. The lowest BCUT2D eigenvalue weighted by Gasteiger charge is -2.28. The Hall–Kier alpha value is -1.43. The van der Waals surface area contributed by atoms with Crippen LogP contribution in [0.5, 0.6) is 0 Å². The molecule has 2 bridgehead atoms. The number of hydrogen-bond acceptors (Lipinski definition) is 5. The van der Waals surface area contributed by atoms with Crippen LogP contribution < -0.4 is 10.6 Å². The number of piperidine rings is 1. The second kappa shape index (κ2) is 5.69. The minimum absolute atomic E-state index is 0.148. The van der Waals surface area contributed by atoms with E-state index < -0.39 is 0 Å². The van der Waals surface area contributed by atoms with Gasteiger partial charge in [0.1, 0.15) is 0 Å². The number of carbonyl (C=O) groups excluding carboxylic acids is 1. The molecule has 3 heterocycles. The van der Waals surface area contributed by atoms with Crippen molar-refractivity contribution in [2.75, 3.05) is 6.54 Å². The second-order valence-corrected chi connectivity index (χ2v) is 5.63. The first-order chi connectivity index (χ1) is 9.29. The Morgan fingerprint density at radius 1 is 1.42 bits per heavy atom. The van der Waals surface area contributed by atoms with E-state index in [4.69, 9.17) is 0 Å². The average Bonchev–Trinajstić information content (AvgIpc) is 2.99. The third-order valence-electron chi connectivity index (χ3n) is 4.12. The summed E-state index contributed by atoms with van der Waals surface area (Å²) >= 11 is 0. The summed E-state index contributed by atoms with van der Waals surface area (Å²) in [4.78, 5) is 15.8. The van der Waals surface area contributed by atoms with Crippen LogP contribution in [0.4, 0.5) is 0 Å². The zero-order chi connectivity index (χ0) is 13.1. The molecule has 2 fully saturated rings. The van der Waals surface area contributed by atoms with Crippen LogP contribution in [0.25, 0.3) is 0 Å². The van der Waals surface area contributed by atoms with Crippen molar-refractivity contribution in [3.63, 3.8) is 0 Å². The van der Waals surface area contributed by atoms with Crippen LogP contribution in [0, 0.1) is 5.92 Å². The van der Waals surface area contributed by atoms with Crippen molar-refractivity contribution in [3.8, 4) is 0 Å². The maximum absolute atomic E-state index is 11.9. The molecular formula is C13H20N4O2. The van der Waals surface area contributed by atoms with Crippen molar-refractivity contribution < 1.29 is 9.32 Å². The van der Waals surface area contributed by atoms with E-state index in [1.807, 2.05) is 0 Å². The Kier molecular flexibility index (Phi) is 3.77. The van der Waals surface area contributed by atoms with Crippen LogP contribution in [0.1, 0.15) is 37.9 Å². The smallest absolute Gasteiger partial charge is 0.220 e. The zero-order valence-electron chi connectivity index (χ0n) is 11.0. The van der Waals surface area contributed by atoms with Gasteiger partial charge >= 0.3 is 0 Å². The molecule has 104 valence electrons. The highest BCUT2D eigenvalue weighted by atomic mass is 16.5. The Balaban J connectivity index is 1.37. The molecule has 3 rings (SSSR count). The molecular weight excluding hydrogens is 244 g/mol. The van der Waals surface area contributed by atoms with Crippen molar-refractivity contribution in [2.45, 2.75) is 50.6 Å². The maximum atomic E-state index is 11.9. The van der Waals surface area contributed by atoms with Gasteiger partial charge in [-0.2, -0.15) is 4.98 Å². The molecule has 2 unspecified atom stereocenters. The molecule has 2 N–H and O–H groups in total. The van der Waals surface area contributed by atoms with Crippen molar-refractivity contribution in [3.05, 3.63) is 12.2 Å². The molecule has 1 aromatic heterocycles. The van der Waals surface area contributed by atoms with E-state index in [9.17, 15) is 4.79 Å². The quantitative estimate of drug-likeness (QED) is 0.816. The molecule has 2 aliphatic heterocycles. The summed E-state index contributed by atoms with van der Waals surface area (Å²) in [6.45, 7) is 0.580. The number of aromatic nitrogens is 2. The normalized spacial score (nSPS) is 29.4. The van der Waals surface area contributed by atoms with Gasteiger partial charge in [-0.15, -0.1) is 0 Å². The summed E-state index contributed by atoms with van der Waals surface area (Å²) in [5.41, 5.74) is 0. The van der Waals surface area contributed by atoms with Crippen LogP contribution in [0.2, 0.25) is 0 Å². The van der Waals surface area contributed by atoms with Gasteiger partial charge in [0.2, 0.25) is 12.3 Å². The first-order valence-corrected chi connectivity index (χ1v) is 7.07. The highest BCUT2D eigenvalue weighted by Gasteiger charge is 2.33. The summed E-state index contributed by atoms with van der Waals surface area (Å²) in [6.07, 6.45) is 7.44. The number of carbonyl (C=O) groups is 1. The van der Waals surface area contributed by atoms with E-state index in [0.717, 1.165) is 12.8 Å². The third kappa shape index (κ3) is 3.32. The van der Waals surface area contributed by atoms with E-state index in [1.54, 1.807) is 0 Å². The Morgan fingerprint density at radius 3 is 2.89 bits per heavy atom. The number of nitrogens with zero attached hydrogens (tertiary/aromatic N) is 2. The van der Waals surface area contributed by atoms with E-state index in [0.29, 0.717) is 43.2 Å². The lowest BCUT2D eigenvalue weighted by atomic mass is 9.89. The fourth-order valence-electron chi connectivity index (χ4n) is 3.29. The molecule has 1 aromatic rings. The number of rotatable bonds is 5. The molecule has 0 aliphatic carbocycles. The van der Waals surface area contributed by atoms with Crippen molar-refractivity contribution in [2.24, 2.45) is 5.92 Å². The van der Waals surface area contributed by atoms with Crippen LogP contribution in [0.3, 0.4) is 0 Å². The maximum Gasteiger partial charge on any atom is 0.220 e. The topological polar surface area (TPSA) is 80.0 Å². The number of nitrogens with one attached hydrogen (secondary N) is 2. The fraction of sp³-hybridized carbons (Fsp3) is 0.769. The van der Waals surface area contributed by atoms with Crippen LogP contribution >= 0.6 is 0 Å². The molecule has 0 saturated carbocycles. The van der Waals surface area contributed by atoms with Gasteiger partial charge in [0, 0.05) is 31.5 Å². The van der Waals surface area contributed by atoms with Crippen LogP contribution in [-0.2, 0) is 11.2 Å². The first kappa shape index (κ1) is 12.6. The van der Waals surface area contributed by atoms with Gasteiger partial charge < -0.3 is 15.2 Å². The summed E-state index contributed by atoms with van der Waals surface area (Å²) in [5, 5.41) is 10.2. The van der Waals surface area contributed by atoms with Crippen LogP contribution in [-0.4, -0.2) is 34.7 Å². The number of fused-ring (bicyclic) bond motifs is 2. The van der Waals surface area contributed by atoms with E-state index in [2.05, 4.69) is 25.3 Å². The third-order valence-corrected chi connectivity index (χ3v) is 4.12. The monoisotopic (exact) mass is 264 g/mol. The van der Waals surface area contributed by atoms with Crippen molar-refractivity contribution >= 4 is 5.91 Å². The summed E-state index contributed by atoms with van der Waals surface area (Å²) in [7, 11) is 0. The van der Waals surface area contributed by atoms with Gasteiger partial charge in [0.25, 0.3) is 0 Å². The van der Waals surface area contributed by atoms with E-state index >= 15 is 0 Å². The van der Waals surface area contributed by atoms with Crippen molar-refractivity contribution in [1.29, 1.82) is 0 Å².